The van der Waals surface area contributed by atoms with Crippen LogP contribution >= 0.6 is 0 Å². The largest absolute Gasteiger partial charge is 0.387 e. The Morgan fingerprint density at radius 1 is 1.21 bits per heavy atom. The van der Waals surface area contributed by atoms with Crippen LogP contribution in [0.2, 0.25) is 0 Å². The van der Waals surface area contributed by atoms with Crippen molar-refractivity contribution < 1.29 is 9.85 Å². The van der Waals surface area contributed by atoms with Gasteiger partial charge in [0.15, 0.2) is 5.69 Å². The standard InChI is InChI=1S/C11H12N4O4/c12-10-8(14(16)17)5-7-9(11(10)15(18)19)6-1-3-13(7)4-2-6/h5-6H,1-4,12H2. The minimum atomic E-state index is -0.661. The van der Waals surface area contributed by atoms with Crippen LogP contribution in [0, 0.1) is 20.2 Å². The van der Waals surface area contributed by atoms with Crippen molar-refractivity contribution >= 4 is 22.7 Å². The van der Waals surface area contributed by atoms with Gasteiger partial charge in [-0.1, -0.05) is 0 Å². The van der Waals surface area contributed by atoms with Crippen LogP contribution in [-0.2, 0) is 0 Å². The van der Waals surface area contributed by atoms with Gasteiger partial charge in [-0.3, -0.25) is 20.2 Å². The minimum Gasteiger partial charge on any atom is -0.387 e. The fraction of sp³-hybridized carbons (Fsp3) is 0.455. The van der Waals surface area contributed by atoms with Crippen LogP contribution in [0.15, 0.2) is 6.07 Å². The van der Waals surface area contributed by atoms with Gasteiger partial charge in [-0.15, -0.1) is 0 Å². The zero-order valence-electron chi connectivity index (χ0n) is 10.0. The van der Waals surface area contributed by atoms with Gasteiger partial charge in [-0.2, -0.15) is 0 Å². The lowest BCUT2D eigenvalue weighted by Gasteiger charge is -2.41. The molecule has 0 radical (unpaired) electrons. The zero-order valence-corrected chi connectivity index (χ0v) is 10.0. The Kier molecular flexibility index (Phi) is 2.34. The maximum Gasteiger partial charge on any atom is 0.304 e. The van der Waals surface area contributed by atoms with Crippen molar-refractivity contribution in [3.8, 4) is 0 Å². The van der Waals surface area contributed by atoms with Crippen molar-refractivity contribution in [2.45, 2.75) is 18.8 Å². The fourth-order valence-corrected chi connectivity index (χ4v) is 3.09. The lowest BCUT2D eigenvalue weighted by atomic mass is 9.81. The molecule has 0 aliphatic carbocycles. The van der Waals surface area contributed by atoms with E-state index in [4.69, 9.17) is 5.73 Å². The molecule has 2 N–H and O–H groups in total. The monoisotopic (exact) mass is 264 g/mol. The summed E-state index contributed by atoms with van der Waals surface area (Å²) in [5, 5.41) is 22.2. The van der Waals surface area contributed by atoms with Crippen LogP contribution in [-0.4, -0.2) is 22.9 Å². The molecule has 0 unspecified atom stereocenters. The molecule has 3 aliphatic rings. The van der Waals surface area contributed by atoms with Gasteiger partial charge in [0.2, 0.25) is 0 Å². The highest BCUT2D eigenvalue weighted by atomic mass is 16.6. The van der Waals surface area contributed by atoms with E-state index in [1.54, 1.807) is 0 Å². The summed E-state index contributed by atoms with van der Waals surface area (Å²) < 4.78 is 0. The summed E-state index contributed by atoms with van der Waals surface area (Å²) >= 11 is 0. The predicted molar refractivity (Wildman–Crippen MR) is 68.4 cm³/mol. The zero-order chi connectivity index (χ0) is 13.7. The van der Waals surface area contributed by atoms with Crippen molar-refractivity contribution in [3.63, 3.8) is 0 Å². The number of hydrogen-bond acceptors (Lipinski definition) is 6. The third kappa shape index (κ3) is 1.52. The number of benzene rings is 1. The lowest BCUT2D eigenvalue weighted by Crippen LogP contribution is -2.39. The number of nitrogens with two attached hydrogens (primary N) is 1. The van der Waals surface area contributed by atoms with Gasteiger partial charge in [0.25, 0.3) is 0 Å². The van der Waals surface area contributed by atoms with Crippen molar-refractivity contribution in [3.05, 3.63) is 31.9 Å². The van der Waals surface area contributed by atoms with E-state index in [1.165, 1.54) is 6.07 Å². The second-order valence-corrected chi connectivity index (χ2v) is 4.87. The normalized spacial score (nSPS) is 17.4. The van der Waals surface area contributed by atoms with E-state index in [-0.39, 0.29) is 23.0 Å². The molecule has 19 heavy (non-hydrogen) atoms. The minimum absolute atomic E-state index is 0.0866. The molecule has 1 aromatic rings. The smallest absolute Gasteiger partial charge is 0.304 e. The Hall–Kier alpha value is -2.38. The summed E-state index contributed by atoms with van der Waals surface area (Å²) in [6.07, 6.45) is 1.68. The summed E-state index contributed by atoms with van der Waals surface area (Å²) in [5.74, 6) is 0.0866. The van der Waals surface area contributed by atoms with Crippen molar-refractivity contribution in [1.82, 2.24) is 0 Å². The summed E-state index contributed by atoms with van der Waals surface area (Å²) in [7, 11) is 0. The van der Waals surface area contributed by atoms with Crippen molar-refractivity contribution in [1.29, 1.82) is 0 Å². The summed E-state index contributed by atoms with van der Waals surface area (Å²) in [6.45, 7) is 1.58. The molecule has 0 amide bonds. The predicted octanol–water partition coefficient (Wildman–Crippen LogP) is 1.78. The summed E-state index contributed by atoms with van der Waals surface area (Å²) in [4.78, 5) is 22.9. The quantitative estimate of drug-likeness (QED) is 0.494. The summed E-state index contributed by atoms with van der Waals surface area (Å²) in [5.41, 5.74) is 5.83. The molecule has 100 valence electrons. The van der Waals surface area contributed by atoms with Crippen LogP contribution in [0.4, 0.5) is 22.7 Å². The number of fused-ring (bicyclic) bond motifs is 2. The van der Waals surface area contributed by atoms with Gasteiger partial charge in [-0.25, -0.2) is 0 Å². The van der Waals surface area contributed by atoms with E-state index in [2.05, 4.69) is 0 Å². The van der Waals surface area contributed by atoms with Gasteiger partial charge < -0.3 is 10.6 Å². The Morgan fingerprint density at radius 3 is 2.37 bits per heavy atom. The number of nitro groups is 2. The molecule has 8 nitrogen and oxygen atoms in total. The number of nitro benzene ring substituents is 2. The van der Waals surface area contributed by atoms with Crippen molar-refractivity contribution in [2.75, 3.05) is 23.7 Å². The number of rotatable bonds is 2. The highest BCUT2D eigenvalue weighted by Crippen LogP contribution is 2.51. The Balaban J connectivity index is 2.33. The Labute approximate surface area is 108 Å². The van der Waals surface area contributed by atoms with Gasteiger partial charge in [0.1, 0.15) is 0 Å². The molecule has 1 saturated heterocycles. The average molecular weight is 264 g/mol. The van der Waals surface area contributed by atoms with Gasteiger partial charge in [-0.05, 0) is 18.8 Å². The molecule has 3 heterocycles. The third-order valence-corrected chi connectivity index (χ3v) is 3.96. The molecule has 0 atom stereocenters. The first-order valence-electron chi connectivity index (χ1n) is 6.00. The fourth-order valence-electron chi connectivity index (χ4n) is 3.09. The van der Waals surface area contributed by atoms with E-state index >= 15 is 0 Å². The van der Waals surface area contributed by atoms with Crippen LogP contribution in [0.1, 0.15) is 24.3 Å². The first-order chi connectivity index (χ1) is 9.00. The van der Waals surface area contributed by atoms with E-state index in [0.29, 0.717) is 11.3 Å². The van der Waals surface area contributed by atoms with Crippen molar-refractivity contribution in [2.24, 2.45) is 0 Å². The molecule has 2 bridgehead atoms. The molecule has 1 fully saturated rings. The van der Waals surface area contributed by atoms with Crippen LogP contribution in [0.3, 0.4) is 0 Å². The molecule has 1 aromatic carbocycles. The highest BCUT2D eigenvalue weighted by molar-refractivity contribution is 5.83. The van der Waals surface area contributed by atoms with E-state index in [9.17, 15) is 20.2 Å². The average Bonchev–Trinajstić information content (AvgIpc) is 2.38. The molecule has 3 aliphatic heterocycles. The van der Waals surface area contributed by atoms with Crippen LogP contribution in [0.5, 0.6) is 0 Å². The number of hydrogen-bond donors (Lipinski definition) is 1. The maximum atomic E-state index is 11.2. The Morgan fingerprint density at radius 2 is 1.84 bits per heavy atom. The van der Waals surface area contributed by atoms with Gasteiger partial charge >= 0.3 is 11.4 Å². The molecule has 4 rings (SSSR count). The lowest BCUT2D eigenvalue weighted by molar-refractivity contribution is -0.392. The second kappa shape index (κ2) is 3.81. The Bertz CT molecular complexity index is 593. The SMILES string of the molecule is Nc1c([N+](=O)[O-])cc2c(c1[N+](=O)[O-])C1CCN2CC1. The first-order valence-corrected chi connectivity index (χ1v) is 6.00. The summed E-state index contributed by atoms with van der Waals surface area (Å²) in [6, 6.07) is 1.38. The molecule has 0 saturated carbocycles. The molecular weight excluding hydrogens is 252 g/mol. The third-order valence-electron chi connectivity index (χ3n) is 3.96. The van der Waals surface area contributed by atoms with Crippen LogP contribution < -0.4 is 10.6 Å². The highest BCUT2D eigenvalue weighted by Gasteiger charge is 2.40. The molecular formula is C11H12N4O4. The first kappa shape index (κ1) is 11.7. The van der Waals surface area contributed by atoms with E-state index in [1.807, 2.05) is 4.90 Å². The second-order valence-electron chi connectivity index (χ2n) is 4.87. The van der Waals surface area contributed by atoms with E-state index in [0.717, 1.165) is 25.9 Å². The maximum absolute atomic E-state index is 11.2. The number of nitrogens with zero attached hydrogens (tertiary/aromatic N) is 3. The topological polar surface area (TPSA) is 116 Å². The number of nitrogen functional groups attached to an aromatic ring is 1. The number of piperidine rings is 1. The molecule has 8 heteroatoms. The molecule has 0 spiro atoms. The van der Waals surface area contributed by atoms with Gasteiger partial charge in [0, 0.05) is 19.2 Å². The van der Waals surface area contributed by atoms with Gasteiger partial charge in [0.05, 0.1) is 21.1 Å². The van der Waals surface area contributed by atoms with Crippen LogP contribution in [0.25, 0.3) is 0 Å². The number of anilines is 2. The van der Waals surface area contributed by atoms with E-state index < -0.39 is 9.85 Å². The molecule has 0 aromatic heterocycles.